The van der Waals surface area contributed by atoms with E-state index in [2.05, 4.69) is 20.8 Å². The normalized spacial score (nSPS) is 41.8. The topological polar surface area (TPSA) is 9.23 Å². The number of fused-ring (bicyclic) bond motifs is 2. The molecule has 0 N–H and O–H groups in total. The van der Waals surface area contributed by atoms with E-state index in [0.717, 1.165) is 30.3 Å². The Morgan fingerprint density at radius 3 is 2.44 bits per heavy atom. The number of ether oxygens (including phenoxy) is 1. The van der Waals surface area contributed by atoms with Crippen LogP contribution in [0.1, 0.15) is 59.3 Å². The fourth-order valence-electron chi connectivity index (χ4n) is 4.39. The lowest BCUT2D eigenvalue weighted by atomic mass is 9.74. The Labute approximate surface area is 101 Å². The largest absolute Gasteiger partial charge is 0.378 e. The summed E-state index contributed by atoms with van der Waals surface area (Å²) >= 11 is 0. The minimum Gasteiger partial charge on any atom is -0.378 e. The maximum atomic E-state index is 6.04. The first-order chi connectivity index (χ1) is 7.81. The Kier molecular flexibility index (Phi) is 4.29. The van der Waals surface area contributed by atoms with E-state index < -0.39 is 0 Å². The van der Waals surface area contributed by atoms with Crippen molar-refractivity contribution < 1.29 is 4.74 Å². The van der Waals surface area contributed by atoms with Crippen molar-refractivity contribution >= 4 is 0 Å². The van der Waals surface area contributed by atoms with E-state index in [4.69, 9.17) is 4.74 Å². The summed E-state index contributed by atoms with van der Waals surface area (Å²) in [6.07, 6.45) is 8.82. The molecule has 0 aromatic carbocycles. The molecule has 2 aliphatic rings. The second kappa shape index (κ2) is 5.53. The van der Waals surface area contributed by atoms with Gasteiger partial charge in [0.2, 0.25) is 0 Å². The van der Waals surface area contributed by atoms with Crippen molar-refractivity contribution in [1.29, 1.82) is 0 Å². The molecule has 0 heterocycles. The molecular formula is C15H28O. The van der Waals surface area contributed by atoms with Gasteiger partial charge in [-0.05, 0) is 42.9 Å². The van der Waals surface area contributed by atoms with Gasteiger partial charge in [-0.25, -0.2) is 0 Å². The summed E-state index contributed by atoms with van der Waals surface area (Å²) in [6, 6.07) is 0. The van der Waals surface area contributed by atoms with Crippen molar-refractivity contribution in [1.82, 2.24) is 0 Å². The molecule has 0 aromatic heterocycles. The molecule has 0 saturated heterocycles. The Balaban J connectivity index is 1.94. The van der Waals surface area contributed by atoms with Gasteiger partial charge in [0.15, 0.2) is 0 Å². The first-order valence-electron chi connectivity index (χ1n) is 7.43. The lowest BCUT2D eigenvalue weighted by Crippen LogP contribution is -2.33. The second-order valence-corrected chi connectivity index (χ2v) is 5.83. The van der Waals surface area contributed by atoms with E-state index in [1.807, 2.05) is 0 Å². The molecule has 0 aliphatic heterocycles. The van der Waals surface area contributed by atoms with Gasteiger partial charge in [0.25, 0.3) is 0 Å². The van der Waals surface area contributed by atoms with Crippen LogP contribution in [0.2, 0.25) is 0 Å². The molecule has 94 valence electrons. The lowest BCUT2D eigenvalue weighted by Gasteiger charge is -2.35. The van der Waals surface area contributed by atoms with Crippen molar-refractivity contribution in [3.63, 3.8) is 0 Å². The van der Waals surface area contributed by atoms with Gasteiger partial charge in [-0.2, -0.15) is 0 Å². The summed E-state index contributed by atoms with van der Waals surface area (Å²) in [7, 11) is 0. The molecule has 5 unspecified atom stereocenters. The van der Waals surface area contributed by atoms with E-state index in [9.17, 15) is 0 Å². The smallest absolute Gasteiger partial charge is 0.0608 e. The summed E-state index contributed by atoms with van der Waals surface area (Å²) in [5, 5.41) is 0. The summed E-state index contributed by atoms with van der Waals surface area (Å²) < 4.78 is 6.04. The Morgan fingerprint density at radius 2 is 1.81 bits per heavy atom. The lowest BCUT2D eigenvalue weighted by molar-refractivity contribution is -0.0179. The number of hydrogen-bond acceptors (Lipinski definition) is 1. The van der Waals surface area contributed by atoms with Gasteiger partial charge < -0.3 is 4.74 Å². The van der Waals surface area contributed by atoms with E-state index in [1.165, 1.54) is 38.5 Å². The van der Waals surface area contributed by atoms with Crippen LogP contribution in [0.5, 0.6) is 0 Å². The summed E-state index contributed by atoms with van der Waals surface area (Å²) in [4.78, 5) is 0. The molecule has 0 aromatic rings. The highest BCUT2D eigenvalue weighted by atomic mass is 16.5. The fraction of sp³-hybridized carbons (Fsp3) is 1.00. The van der Waals surface area contributed by atoms with Crippen LogP contribution in [-0.2, 0) is 4.74 Å². The third kappa shape index (κ3) is 2.16. The highest BCUT2D eigenvalue weighted by molar-refractivity contribution is 5.00. The van der Waals surface area contributed by atoms with E-state index >= 15 is 0 Å². The molecule has 2 fully saturated rings. The Bertz CT molecular complexity index is 213. The predicted octanol–water partition coefficient (Wildman–Crippen LogP) is 4.26. The maximum Gasteiger partial charge on any atom is 0.0608 e. The van der Waals surface area contributed by atoms with Crippen LogP contribution in [0, 0.1) is 23.7 Å². The highest BCUT2D eigenvalue weighted by Crippen LogP contribution is 2.55. The zero-order valence-electron chi connectivity index (χ0n) is 11.2. The monoisotopic (exact) mass is 224 g/mol. The third-order valence-corrected chi connectivity index (χ3v) is 4.92. The molecule has 2 bridgehead atoms. The molecule has 16 heavy (non-hydrogen) atoms. The molecule has 1 nitrogen and oxygen atoms in total. The molecule has 0 spiro atoms. The summed E-state index contributed by atoms with van der Waals surface area (Å²) in [6.45, 7) is 7.90. The Hall–Kier alpha value is -0.0400. The number of rotatable bonds is 6. The molecule has 2 saturated carbocycles. The first-order valence-corrected chi connectivity index (χ1v) is 7.43. The average Bonchev–Trinajstić information content (AvgIpc) is 2.84. The van der Waals surface area contributed by atoms with E-state index in [1.54, 1.807) is 0 Å². The summed E-state index contributed by atoms with van der Waals surface area (Å²) in [5.41, 5.74) is 0. The van der Waals surface area contributed by atoms with Crippen LogP contribution in [0.25, 0.3) is 0 Å². The molecule has 5 atom stereocenters. The second-order valence-electron chi connectivity index (χ2n) is 5.83. The third-order valence-electron chi connectivity index (χ3n) is 4.92. The van der Waals surface area contributed by atoms with Crippen LogP contribution in [0.4, 0.5) is 0 Å². The molecule has 2 rings (SSSR count). The average molecular weight is 224 g/mol. The highest BCUT2D eigenvalue weighted by Gasteiger charge is 2.51. The van der Waals surface area contributed by atoms with Gasteiger partial charge in [-0.15, -0.1) is 0 Å². The van der Waals surface area contributed by atoms with Crippen molar-refractivity contribution in [2.75, 3.05) is 6.61 Å². The van der Waals surface area contributed by atoms with Crippen molar-refractivity contribution in [3.05, 3.63) is 0 Å². The SMILES string of the molecule is CCCOC1CC2CC1C(CC)C2CCC. The van der Waals surface area contributed by atoms with Gasteiger partial charge in [0, 0.05) is 6.61 Å². The number of hydrogen-bond donors (Lipinski definition) is 0. The van der Waals surface area contributed by atoms with E-state index in [0.29, 0.717) is 6.10 Å². The zero-order valence-corrected chi connectivity index (χ0v) is 11.2. The van der Waals surface area contributed by atoms with Gasteiger partial charge in [0.1, 0.15) is 0 Å². The minimum absolute atomic E-state index is 0.614. The van der Waals surface area contributed by atoms with Crippen LogP contribution in [0.3, 0.4) is 0 Å². The molecule has 0 amide bonds. The van der Waals surface area contributed by atoms with Crippen LogP contribution in [0.15, 0.2) is 0 Å². The van der Waals surface area contributed by atoms with Gasteiger partial charge in [0.05, 0.1) is 6.10 Å². The van der Waals surface area contributed by atoms with Gasteiger partial charge in [-0.3, -0.25) is 0 Å². The Morgan fingerprint density at radius 1 is 1.00 bits per heavy atom. The van der Waals surface area contributed by atoms with Crippen LogP contribution in [-0.4, -0.2) is 12.7 Å². The molecule has 0 radical (unpaired) electrons. The summed E-state index contributed by atoms with van der Waals surface area (Å²) in [5.74, 6) is 3.90. The van der Waals surface area contributed by atoms with Crippen LogP contribution >= 0.6 is 0 Å². The van der Waals surface area contributed by atoms with Crippen molar-refractivity contribution in [2.24, 2.45) is 23.7 Å². The fourth-order valence-corrected chi connectivity index (χ4v) is 4.39. The van der Waals surface area contributed by atoms with E-state index in [-0.39, 0.29) is 0 Å². The van der Waals surface area contributed by atoms with Gasteiger partial charge in [-0.1, -0.05) is 40.0 Å². The maximum absolute atomic E-state index is 6.04. The molecule has 2 aliphatic carbocycles. The molecule has 1 heteroatoms. The first kappa shape index (κ1) is 12.4. The predicted molar refractivity (Wildman–Crippen MR) is 68.4 cm³/mol. The standard InChI is InChI=1S/C15H28O/c1-4-7-13-11-9-14(12(13)6-3)15(10-11)16-8-5-2/h11-15H,4-10H2,1-3H3. The zero-order chi connectivity index (χ0) is 11.5. The minimum atomic E-state index is 0.614. The van der Waals surface area contributed by atoms with Crippen molar-refractivity contribution in [2.45, 2.75) is 65.4 Å². The van der Waals surface area contributed by atoms with Crippen molar-refractivity contribution in [3.8, 4) is 0 Å². The quantitative estimate of drug-likeness (QED) is 0.655. The van der Waals surface area contributed by atoms with Gasteiger partial charge >= 0.3 is 0 Å². The van der Waals surface area contributed by atoms with Crippen LogP contribution < -0.4 is 0 Å². The molecular weight excluding hydrogens is 196 g/mol.